The number of nitro groups is 1. The van der Waals surface area contributed by atoms with Gasteiger partial charge in [-0.25, -0.2) is 0 Å². The van der Waals surface area contributed by atoms with E-state index in [4.69, 9.17) is 0 Å². The second-order valence-corrected chi connectivity index (χ2v) is 5.84. The zero-order valence-electron chi connectivity index (χ0n) is 10.3. The molecule has 1 fully saturated rings. The maximum Gasteiger partial charge on any atom is 0.311 e. The van der Waals surface area contributed by atoms with E-state index in [1.165, 1.54) is 6.07 Å². The molecule has 19 heavy (non-hydrogen) atoms. The van der Waals surface area contributed by atoms with Crippen LogP contribution in [-0.4, -0.2) is 29.1 Å². The molecule has 1 atom stereocenters. The van der Waals surface area contributed by atoms with E-state index in [0.717, 1.165) is 0 Å². The summed E-state index contributed by atoms with van der Waals surface area (Å²) < 4.78 is 0.628. The first-order valence-corrected chi connectivity index (χ1v) is 6.55. The zero-order chi connectivity index (χ0) is 14.2. The molecule has 1 saturated heterocycles. The lowest BCUT2D eigenvalue weighted by Crippen LogP contribution is -2.31. The quantitative estimate of drug-likeness (QED) is 0.681. The molecular formula is C12H13BrN2O4. The Morgan fingerprint density at radius 2 is 2.26 bits per heavy atom. The van der Waals surface area contributed by atoms with Crippen LogP contribution >= 0.6 is 15.9 Å². The third-order valence-corrected chi connectivity index (χ3v) is 3.96. The average molecular weight is 329 g/mol. The molecule has 0 aromatic heterocycles. The van der Waals surface area contributed by atoms with Crippen LogP contribution in [0.1, 0.15) is 13.3 Å². The first-order valence-electron chi connectivity index (χ1n) is 5.76. The van der Waals surface area contributed by atoms with Crippen LogP contribution in [-0.2, 0) is 4.79 Å². The van der Waals surface area contributed by atoms with Gasteiger partial charge in [-0.2, -0.15) is 0 Å². The molecule has 1 heterocycles. The zero-order valence-corrected chi connectivity index (χ0v) is 11.9. The monoisotopic (exact) mass is 328 g/mol. The molecule has 2 rings (SSSR count). The highest BCUT2D eigenvalue weighted by Gasteiger charge is 2.41. The lowest BCUT2D eigenvalue weighted by atomic mass is 9.90. The minimum absolute atomic E-state index is 0.0102. The van der Waals surface area contributed by atoms with Gasteiger partial charge >= 0.3 is 5.97 Å². The normalized spacial score (nSPS) is 22.5. The van der Waals surface area contributed by atoms with E-state index in [0.29, 0.717) is 23.1 Å². The number of nitrogens with zero attached hydrogens (tertiary/aromatic N) is 2. The molecule has 1 aliphatic heterocycles. The van der Waals surface area contributed by atoms with Crippen molar-refractivity contribution in [2.75, 3.05) is 18.0 Å². The topological polar surface area (TPSA) is 83.7 Å². The molecule has 0 bridgehead atoms. The van der Waals surface area contributed by atoms with Crippen molar-refractivity contribution < 1.29 is 14.8 Å². The smallest absolute Gasteiger partial charge is 0.311 e. The van der Waals surface area contributed by atoms with Gasteiger partial charge in [0.15, 0.2) is 0 Å². The van der Waals surface area contributed by atoms with Crippen LogP contribution in [0, 0.1) is 15.5 Å². The molecule has 1 N–H and O–H groups in total. The van der Waals surface area contributed by atoms with Gasteiger partial charge in [0.1, 0.15) is 5.69 Å². The molecular weight excluding hydrogens is 316 g/mol. The SMILES string of the molecule is CC1(C(=O)O)CCN(c2ccc(Br)cc2[N+](=O)[O-])C1. The van der Waals surface area contributed by atoms with Gasteiger partial charge in [0, 0.05) is 23.6 Å². The molecule has 1 aliphatic rings. The van der Waals surface area contributed by atoms with Crippen LogP contribution in [0.15, 0.2) is 22.7 Å². The number of rotatable bonds is 3. The van der Waals surface area contributed by atoms with E-state index in [2.05, 4.69) is 15.9 Å². The van der Waals surface area contributed by atoms with Gasteiger partial charge < -0.3 is 10.0 Å². The molecule has 102 valence electrons. The summed E-state index contributed by atoms with van der Waals surface area (Å²) in [7, 11) is 0. The number of aliphatic carboxylic acids is 1. The maximum absolute atomic E-state index is 11.2. The number of carboxylic acid groups (broad SMARTS) is 1. The molecule has 1 unspecified atom stereocenters. The average Bonchev–Trinajstić information content (AvgIpc) is 2.73. The molecule has 0 amide bonds. The summed E-state index contributed by atoms with van der Waals surface area (Å²) in [5, 5.41) is 20.3. The van der Waals surface area contributed by atoms with E-state index < -0.39 is 16.3 Å². The Kier molecular flexibility index (Phi) is 3.49. The number of hydrogen-bond acceptors (Lipinski definition) is 4. The van der Waals surface area contributed by atoms with E-state index in [-0.39, 0.29) is 12.2 Å². The summed E-state index contributed by atoms with van der Waals surface area (Å²) in [5.74, 6) is -0.866. The van der Waals surface area contributed by atoms with Crippen LogP contribution in [0.4, 0.5) is 11.4 Å². The number of anilines is 1. The third kappa shape index (κ3) is 2.56. The van der Waals surface area contributed by atoms with Gasteiger partial charge in [0.2, 0.25) is 0 Å². The number of nitro benzene ring substituents is 1. The predicted octanol–water partition coefficient (Wildman–Crippen LogP) is 2.66. The van der Waals surface area contributed by atoms with Gasteiger partial charge in [0.25, 0.3) is 5.69 Å². The molecule has 6 nitrogen and oxygen atoms in total. The largest absolute Gasteiger partial charge is 0.481 e. The fourth-order valence-corrected chi connectivity index (χ4v) is 2.60. The van der Waals surface area contributed by atoms with Gasteiger partial charge in [-0.3, -0.25) is 14.9 Å². The molecule has 0 spiro atoms. The third-order valence-electron chi connectivity index (χ3n) is 3.46. The second-order valence-electron chi connectivity index (χ2n) is 4.93. The molecule has 7 heteroatoms. The number of hydrogen-bond donors (Lipinski definition) is 1. The van der Waals surface area contributed by atoms with Crippen LogP contribution < -0.4 is 4.90 Å². The highest BCUT2D eigenvalue weighted by atomic mass is 79.9. The fourth-order valence-electron chi connectivity index (χ4n) is 2.25. The Labute approximate surface area is 118 Å². The number of benzene rings is 1. The second kappa shape index (κ2) is 4.80. The van der Waals surface area contributed by atoms with Crippen molar-refractivity contribution in [3.63, 3.8) is 0 Å². The first kappa shape index (κ1) is 13.8. The first-order chi connectivity index (χ1) is 8.83. The van der Waals surface area contributed by atoms with Crippen molar-refractivity contribution >= 4 is 33.3 Å². The number of carbonyl (C=O) groups is 1. The van der Waals surface area contributed by atoms with Crippen LogP contribution in [0.5, 0.6) is 0 Å². The Bertz CT molecular complexity index is 549. The minimum atomic E-state index is -0.866. The summed E-state index contributed by atoms with van der Waals surface area (Å²) in [6, 6.07) is 4.81. The lowest BCUT2D eigenvalue weighted by molar-refractivity contribution is -0.384. The van der Waals surface area contributed by atoms with Crippen LogP contribution in [0.2, 0.25) is 0 Å². The Balaban J connectivity index is 2.34. The van der Waals surface area contributed by atoms with Crippen molar-refractivity contribution in [1.29, 1.82) is 0 Å². The Morgan fingerprint density at radius 3 is 2.79 bits per heavy atom. The van der Waals surface area contributed by atoms with Crippen LogP contribution in [0.25, 0.3) is 0 Å². The van der Waals surface area contributed by atoms with Gasteiger partial charge in [-0.05, 0) is 25.5 Å². The lowest BCUT2D eigenvalue weighted by Gasteiger charge is -2.21. The van der Waals surface area contributed by atoms with Gasteiger partial charge in [0.05, 0.1) is 10.3 Å². The van der Waals surface area contributed by atoms with Gasteiger partial charge in [-0.15, -0.1) is 0 Å². The summed E-state index contributed by atoms with van der Waals surface area (Å²) in [6.45, 7) is 2.45. The fraction of sp³-hybridized carbons (Fsp3) is 0.417. The highest BCUT2D eigenvalue weighted by molar-refractivity contribution is 9.10. The van der Waals surface area contributed by atoms with E-state index >= 15 is 0 Å². The van der Waals surface area contributed by atoms with E-state index in [1.807, 2.05) is 0 Å². The molecule has 0 saturated carbocycles. The number of halogens is 1. The summed E-state index contributed by atoms with van der Waals surface area (Å²) in [4.78, 5) is 23.6. The predicted molar refractivity (Wildman–Crippen MR) is 73.4 cm³/mol. The molecule has 1 aromatic rings. The molecule has 0 radical (unpaired) electrons. The molecule has 1 aromatic carbocycles. The Hall–Kier alpha value is -1.63. The minimum Gasteiger partial charge on any atom is -0.481 e. The van der Waals surface area contributed by atoms with Crippen molar-refractivity contribution in [1.82, 2.24) is 0 Å². The highest BCUT2D eigenvalue weighted by Crippen LogP contribution is 2.38. The molecule has 0 aliphatic carbocycles. The standard InChI is InChI=1S/C12H13BrN2O4/c1-12(11(16)17)4-5-14(7-12)9-3-2-8(13)6-10(9)15(18)19/h2-3,6H,4-5,7H2,1H3,(H,16,17). The Morgan fingerprint density at radius 1 is 1.58 bits per heavy atom. The number of carboxylic acids is 1. The van der Waals surface area contributed by atoms with Crippen molar-refractivity contribution in [2.45, 2.75) is 13.3 Å². The summed E-state index contributed by atoms with van der Waals surface area (Å²) in [5.41, 5.74) is -0.386. The van der Waals surface area contributed by atoms with E-state index in [1.54, 1.807) is 24.0 Å². The van der Waals surface area contributed by atoms with Gasteiger partial charge in [-0.1, -0.05) is 15.9 Å². The summed E-state index contributed by atoms with van der Waals surface area (Å²) in [6.07, 6.45) is 0.482. The summed E-state index contributed by atoms with van der Waals surface area (Å²) >= 11 is 3.20. The van der Waals surface area contributed by atoms with Crippen LogP contribution in [0.3, 0.4) is 0 Å². The van der Waals surface area contributed by atoms with Crippen molar-refractivity contribution in [3.8, 4) is 0 Å². The maximum atomic E-state index is 11.2. The van der Waals surface area contributed by atoms with Crippen molar-refractivity contribution in [2.24, 2.45) is 5.41 Å². The van der Waals surface area contributed by atoms with Crippen molar-refractivity contribution in [3.05, 3.63) is 32.8 Å². The van der Waals surface area contributed by atoms with E-state index in [9.17, 15) is 20.0 Å².